The highest BCUT2D eigenvalue weighted by Gasteiger charge is 2.29. The molecule has 4 aromatic rings. The molecule has 7 nitrogen and oxygen atoms in total. The molecule has 1 amide bonds. The Morgan fingerprint density at radius 2 is 1.76 bits per heavy atom. The number of H-pyrrole nitrogens is 1. The number of benzene rings is 3. The molecule has 1 aromatic heterocycles. The van der Waals surface area contributed by atoms with E-state index in [1.807, 2.05) is 54.6 Å². The Bertz CT molecular complexity index is 1440. The second kappa shape index (κ2) is 9.04. The third kappa shape index (κ3) is 4.47. The molecule has 34 heavy (non-hydrogen) atoms. The third-order valence-electron chi connectivity index (χ3n) is 6.24. The fourth-order valence-electron chi connectivity index (χ4n) is 4.56. The van der Waals surface area contributed by atoms with Crippen molar-refractivity contribution in [2.75, 3.05) is 24.7 Å². The van der Waals surface area contributed by atoms with Crippen LogP contribution in [0.4, 0.5) is 5.69 Å². The number of nitrogens with zero attached hydrogens (tertiary/aromatic N) is 2. The van der Waals surface area contributed by atoms with Gasteiger partial charge in [0, 0.05) is 22.9 Å². The second-order valence-electron chi connectivity index (χ2n) is 8.68. The van der Waals surface area contributed by atoms with Crippen LogP contribution >= 0.6 is 0 Å². The Morgan fingerprint density at radius 1 is 1.00 bits per heavy atom. The first-order chi connectivity index (χ1) is 16.4. The zero-order chi connectivity index (χ0) is 23.7. The summed E-state index contributed by atoms with van der Waals surface area (Å²) in [6.45, 7) is 1.79. The smallest absolute Gasteiger partial charge is 0.246 e. The number of anilines is 1. The number of hydrogen-bond acceptors (Lipinski definition) is 5. The standard InChI is InChI=1S/C26H26N4O3S/c1-34(32,33)21-11-7-10-19(16-21)24-22-17-20(12-13-23(22)28-29-24)27-26(31)25(30-14-5-6-15-30)18-8-3-2-4-9-18/h2-4,7-13,16-17,25H,5-6,14-15H2,1H3,(H,27,31)(H,28,29). The summed E-state index contributed by atoms with van der Waals surface area (Å²) in [6.07, 6.45) is 3.37. The fourth-order valence-corrected chi connectivity index (χ4v) is 5.23. The van der Waals surface area contributed by atoms with Gasteiger partial charge in [-0.2, -0.15) is 5.10 Å². The van der Waals surface area contributed by atoms with Gasteiger partial charge in [-0.15, -0.1) is 0 Å². The Hall–Kier alpha value is -3.49. The molecule has 8 heteroatoms. The van der Waals surface area contributed by atoms with Gasteiger partial charge in [-0.3, -0.25) is 14.8 Å². The van der Waals surface area contributed by atoms with Gasteiger partial charge in [0.2, 0.25) is 5.91 Å². The van der Waals surface area contributed by atoms with E-state index in [2.05, 4.69) is 20.4 Å². The number of carbonyl (C=O) groups excluding carboxylic acids is 1. The van der Waals surface area contributed by atoms with Crippen LogP contribution < -0.4 is 5.32 Å². The molecule has 5 rings (SSSR count). The topological polar surface area (TPSA) is 95.2 Å². The van der Waals surface area contributed by atoms with Gasteiger partial charge in [-0.25, -0.2) is 8.42 Å². The molecule has 0 bridgehead atoms. The molecular formula is C26H26N4O3S. The molecule has 0 radical (unpaired) electrons. The SMILES string of the molecule is CS(=O)(=O)c1cccc(-c2n[nH]c3ccc(NC(=O)C(c4ccccc4)N4CCCC4)cc23)c1. The van der Waals surface area contributed by atoms with E-state index in [0.29, 0.717) is 16.9 Å². The van der Waals surface area contributed by atoms with Crippen LogP contribution in [-0.2, 0) is 14.6 Å². The molecule has 1 unspecified atom stereocenters. The Balaban J connectivity index is 1.47. The summed E-state index contributed by atoms with van der Waals surface area (Å²) in [7, 11) is -3.34. The summed E-state index contributed by atoms with van der Waals surface area (Å²) in [5, 5.41) is 11.3. The monoisotopic (exact) mass is 474 g/mol. The number of fused-ring (bicyclic) bond motifs is 1. The fraction of sp³-hybridized carbons (Fsp3) is 0.231. The molecule has 1 fully saturated rings. The molecule has 1 atom stereocenters. The van der Waals surface area contributed by atoms with Gasteiger partial charge in [0.05, 0.1) is 10.4 Å². The Kier molecular flexibility index (Phi) is 5.93. The van der Waals surface area contributed by atoms with Crippen molar-refractivity contribution >= 4 is 32.3 Å². The van der Waals surface area contributed by atoms with Crippen molar-refractivity contribution < 1.29 is 13.2 Å². The molecule has 1 aliphatic rings. The molecule has 1 aliphatic heterocycles. The minimum Gasteiger partial charge on any atom is -0.324 e. The minimum absolute atomic E-state index is 0.0726. The maximum Gasteiger partial charge on any atom is 0.246 e. The van der Waals surface area contributed by atoms with Crippen LogP contribution in [0.15, 0.2) is 77.7 Å². The number of nitrogens with one attached hydrogen (secondary N) is 2. The number of rotatable bonds is 6. The highest BCUT2D eigenvalue weighted by Crippen LogP contribution is 2.31. The predicted molar refractivity (Wildman–Crippen MR) is 133 cm³/mol. The number of carbonyl (C=O) groups is 1. The van der Waals surface area contributed by atoms with E-state index < -0.39 is 9.84 Å². The molecule has 2 N–H and O–H groups in total. The van der Waals surface area contributed by atoms with Crippen LogP contribution in [0.2, 0.25) is 0 Å². The van der Waals surface area contributed by atoms with Crippen LogP contribution in [0.5, 0.6) is 0 Å². The zero-order valence-corrected chi connectivity index (χ0v) is 19.7. The van der Waals surface area contributed by atoms with Gasteiger partial charge in [0.25, 0.3) is 0 Å². The summed E-state index contributed by atoms with van der Waals surface area (Å²) in [4.78, 5) is 15.9. The number of likely N-dealkylation sites (tertiary alicyclic amines) is 1. The quantitative estimate of drug-likeness (QED) is 0.432. The molecule has 0 spiro atoms. The van der Waals surface area contributed by atoms with Gasteiger partial charge in [0.1, 0.15) is 11.7 Å². The maximum atomic E-state index is 13.4. The molecule has 0 aliphatic carbocycles. The number of hydrogen-bond donors (Lipinski definition) is 2. The van der Waals surface area contributed by atoms with Crippen LogP contribution in [0.1, 0.15) is 24.4 Å². The summed E-state index contributed by atoms with van der Waals surface area (Å²) in [5.74, 6) is -0.0726. The van der Waals surface area contributed by atoms with Gasteiger partial charge < -0.3 is 5.32 Å². The van der Waals surface area contributed by atoms with Crippen molar-refractivity contribution in [1.29, 1.82) is 0 Å². The number of aromatic amines is 1. The first-order valence-corrected chi connectivity index (χ1v) is 13.2. The zero-order valence-electron chi connectivity index (χ0n) is 18.9. The van der Waals surface area contributed by atoms with Crippen LogP contribution in [0, 0.1) is 0 Å². The number of amides is 1. The largest absolute Gasteiger partial charge is 0.324 e. The molecule has 2 heterocycles. The molecule has 0 saturated carbocycles. The second-order valence-corrected chi connectivity index (χ2v) is 10.7. The lowest BCUT2D eigenvalue weighted by Crippen LogP contribution is -2.35. The predicted octanol–water partition coefficient (Wildman–Crippen LogP) is 4.41. The van der Waals surface area contributed by atoms with Crippen molar-refractivity contribution in [3.05, 3.63) is 78.4 Å². The van der Waals surface area contributed by atoms with Crippen LogP contribution in [0.3, 0.4) is 0 Å². The minimum atomic E-state index is -3.34. The Morgan fingerprint density at radius 3 is 2.50 bits per heavy atom. The average Bonchev–Trinajstić information content (AvgIpc) is 3.50. The molecule has 1 saturated heterocycles. The summed E-state index contributed by atoms with van der Waals surface area (Å²) in [6, 6.07) is 21.8. The highest BCUT2D eigenvalue weighted by atomic mass is 32.2. The first kappa shape index (κ1) is 22.3. The van der Waals surface area contributed by atoms with E-state index >= 15 is 0 Å². The summed E-state index contributed by atoms with van der Waals surface area (Å²) in [5.41, 5.74) is 3.77. The van der Waals surface area contributed by atoms with E-state index in [1.54, 1.807) is 18.2 Å². The lowest BCUT2D eigenvalue weighted by molar-refractivity contribution is -0.121. The van der Waals surface area contributed by atoms with Crippen LogP contribution in [0.25, 0.3) is 22.2 Å². The summed E-state index contributed by atoms with van der Waals surface area (Å²) < 4.78 is 24.0. The summed E-state index contributed by atoms with van der Waals surface area (Å²) >= 11 is 0. The average molecular weight is 475 g/mol. The van der Waals surface area contributed by atoms with Gasteiger partial charge in [0.15, 0.2) is 9.84 Å². The number of aromatic nitrogens is 2. The lowest BCUT2D eigenvalue weighted by atomic mass is 10.0. The van der Waals surface area contributed by atoms with Gasteiger partial charge in [-0.05, 0) is 61.8 Å². The lowest BCUT2D eigenvalue weighted by Gasteiger charge is -2.27. The van der Waals surface area contributed by atoms with E-state index in [1.165, 1.54) is 6.26 Å². The van der Waals surface area contributed by atoms with Gasteiger partial charge >= 0.3 is 0 Å². The molecular weight excluding hydrogens is 448 g/mol. The normalized spacial score (nSPS) is 15.4. The first-order valence-electron chi connectivity index (χ1n) is 11.3. The van der Waals surface area contributed by atoms with Crippen molar-refractivity contribution in [3.8, 4) is 11.3 Å². The maximum absolute atomic E-state index is 13.4. The van der Waals surface area contributed by atoms with E-state index in [-0.39, 0.29) is 16.8 Å². The number of sulfone groups is 1. The Labute approximate surface area is 198 Å². The van der Waals surface area contributed by atoms with Crippen molar-refractivity contribution in [3.63, 3.8) is 0 Å². The van der Waals surface area contributed by atoms with E-state index in [4.69, 9.17) is 0 Å². The van der Waals surface area contributed by atoms with E-state index in [0.717, 1.165) is 42.4 Å². The van der Waals surface area contributed by atoms with Gasteiger partial charge in [-0.1, -0.05) is 42.5 Å². The van der Waals surface area contributed by atoms with Crippen molar-refractivity contribution in [2.24, 2.45) is 0 Å². The van der Waals surface area contributed by atoms with E-state index in [9.17, 15) is 13.2 Å². The third-order valence-corrected chi connectivity index (χ3v) is 7.35. The molecule has 174 valence electrons. The van der Waals surface area contributed by atoms with Crippen molar-refractivity contribution in [2.45, 2.75) is 23.8 Å². The molecule has 3 aromatic carbocycles. The van der Waals surface area contributed by atoms with Crippen molar-refractivity contribution in [1.82, 2.24) is 15.1 Å². The highest BCUT2D eigenvalue weighted by molar-refractivity contribution is 7.90. The van der Waals surface area contributed by atoms with Crippen LogP contribution in [-0.4, -0.2) is 48.8 Å².